The number of benzene rings is 1. The van der Waals surface area contributed by atoms with Crippen LogP contribution >= 0.6 is 0 Å². The maximum absolute atomic E-state index is 12.6. The van der Waals surface area contributed by atoms with Gasteiger partial charge < -0.3 is 5.32 Å². The normalized spacial score (nSPS) is 21.7. The molecule has 0 spiro atoms. The van der Waals surface area contributed by atoms with Crippen LogP contribution in [0.5, 0.6) is 0 Å². The van der Waals surface area contributed by atoms with Crippen LogP contribution in [0.25, 0.3) is 0 Å². The first-order valence-corrected chi connectivity index (χ1v) is 6.90. The SMILES string of the molecule is CC1(C)N/C(=C(/N=C=O)C(=O)c2ccccc2)C(C)(C)N1[O]. The summed E-state index contributed by atoms with van der Waals surface area (Å²) in [5.74, 6) is -0.425. The van der Waals surface area contributed by atoms with E-state index in [9.17, 15) is 14.8 Å². The average molecular weight is 300 g/mol. The molecule has 1 fully saturated rings. The van der Waals surface area contributed by atoms with E-state index in [0.717, 1.165) is 5.06 Å². The second-order valence-electron chi connectivity index (χ2n) is 6.16. The number of carbonyl (C=O) groups excluding carboxylic acids is 2. The van der Waals surface area contributed by atoms with Gasteiger partial charge in [0.15, 0.2) is 0 Å². The Kier molecular flexibility index (Phi) is 4.02. The quantitative estimate of drug-likeness (QED) is 0.401. The van der Waals surface area contributed by atoms with Gasteiger partial charge in [0.05, 0.1) is 11.2 Å². The van der Waals surface area contributed by atoms with Crippen LogP contribution in [0.4, 0.5) is 0 Å². The molecule has 1 aromatic carbocycles. The second-order valence-corrected chi connectivity index (χ2v) is 6.16. The third-order valence-corrected chi connectivity index (χ3v) is 3.70. The Hall–Kier alpha value is -2.27. The van der Waals surface area contributed by atoms with Crippen molar-refractivity contribution in [3.63, 3.8) is 0 Å². The predicted octanol–water partition coefficient (Wildman–Crippen LogP) is 2.18. The fourth-order valence-electron chi connectivity index (χ4n) is 2.65. The molecule has 1 radical (unpaired) electrons. The number of carbonyl (C=O) groups is 1. The van der Waals surface area contributed by atoms with Crippen molar-refractivity contribution in [1.82, 2.24) is 10.4 Å². The van der Waals surface area contributed by atoms with E-state index in [1.807, 2.05) is 0 Å². The van der Waals surface area contributed by atoms with Gasteiger partial charge in [0.1, 0.15) is 11.4 Å². The summed E-state index contributed by atoms with van der Waals surface area (Å²) >= 11 is 0. The van der Waals surface area contributed by atoms with E-state index in [-0.39, 0.29) is 5.70 Å². The maximum atomic E-state index is 12.6. The molecule has 0 aromatic heterocycles. The molecule has 1 heterocycles. The molecule has 22 heavy (non-hydrogen) atoms. The molecular weight excluding hydrogens is 282 g/mol. The lowest BCUT2D eigenvalue weighted by molar-refractivity contribution is -0.243. The summed E-state index contributed by atoms with van der Waals surface area (Å²) in [7, 11) is 0. The van der Waals surface area contributed by atoms with Gasteiger partial charge in [-0.1, -0.05) is 30.3 Å². The minimum Gasteiger partial charge on any atom is -0.366 e. The molecule has 0 atom stereocenters. The Morgan fingerprint density at radius 2 is 1.77 bits per heavy atom. The first-order chi connectivity index (χ1) is 10.2. The van der Waals surface area contributed by atoms with Crippen molar-refractivity contribution >= 4 is 11.9 Å². The van der Waals surface area contributed by atoms with Crippen LogP contribution < -0.4 is 5.32 Å². The number of nitrogens with zero attached hydrogens (tertiary/aromatic N) is 2. The van der Waals surface area contributed by atoms with Gasteiger partial charge >= 0.3 is 0 Å². The molecule has 1 N–H and O–H groups in total. The summed E-state index contributed by atoms with van der Waals surface area (Å²) in [5, 5.41) is 16.3. The highest BCUT2D eigenvalue weighted by atomic mass is 16.5. The summed E-state index contributed by atoms with van der Waals surface area (Å²) in [4.78, 5) is 27.0. The molecular formula is C16H18N3O3. The zero-order chi connectivity index (χ0) is 16.5. The van der Waals surface area contributed by atoms with Gasteiger partial charge in [0.25, 0.3) is 0 Å². The molecule has 1 saturated heterocycles. The number of ketones is 1. The molecule has 0 aliphatic carbocycles. The highest BCUT2D eigenvalue weighted by molar-refractivity contribution is 6.09. The van der Waals surface area contributed by atoms with Gasteiger partial charge in [-0.15, -0.1) is 10.3 Å². The van der Waals surface area contributed by atoms with Crippen LogP contribution in [-0.2, 0) is 10.0 Å². The van der Waals surface area contributed by atoms with Crippen LogP contribution in [0.3, 0.4) is 0 Å². The monoisotopic (exact) mass is 300 g/mol. The minimum atomic E-state index is -1.01. The van der Waals surface area contributed by atoms with E-state index in [1.165, 1.54) is 6.08 Å². The second kappa shape index (κ2) is 5.50. The van der Waals surface area contributed by atoms with Gasteiger partial charge in [0, 0.05) is 5.56 Å². The summed E-state index contributed by atoms with van der Waals surface area (Å²) in [6.07, 6.45) is 1.41. The Bertz CT molecular complexity index is 671. The molecule has 1 aliphatic heterocycles. The number of isocyanates is 1. The largest absolute Gasteiger partial charge is 0.366 e. The number of allylic oxidation sites excluding steroid dienone is 1. The van der Waals surface area contributed by atoms with Crippen molar-refractivity contribution in [3.8, 4) is 0 Å². The fourth-order valence-corrected chi connectivity index (χ4v) is 2.65. The van der Waals surface area contributed by atoms with E-state index >= 15 is 0 Å². The van der Waals surface area contributed by atoms with Crippen LogP contribution in [0.15, 0.2) is 46.7 Å². The van der Waals surface area contributed by atoms with E-state index in [0.29, 0.717) is 11.3 Å². The standard InChI is InChI=1S/C16H18N3O3/c1-15(2)14(18-16(3,4)19(15)22)12(17-10-20)13(21)11-8-6-5-7-9-11/h5-9,18H,1-4H3/b14-12+. The van der Waals surface area contributed by atoms with Crippen molar-refractivity contribution in [2.45, 2.75) is 38.9 Å². The number of hydrogen-bond donors (Lipinski definition) is 1. The zero-order valence-electron chi connectivity index (χ0n) is 13.0. The Labute approximate surface area is 129 Å². The van der Waals surface area contributed by atoms with E-state index in [2.05, 4.69) is 10.3 Å². The number of hydroxylamine groups is 2. The lowest BCUT2D eigenvalue weighted by Gasteiger charge is -2.29. The molecule has 115 valence electrons. The van der Waals surface area contributed by atoms with Gasteiger partial charge in [-0.25, -0.2) is 4.79 Å². The van der Waals surface area contributed by atoms with Crippen LogP contribution in [-0.4, -0.2) is 28.1 Å². The zero-order valence-corrected chi connectivity index (χ0v) is 13.0. The van der Waals surface area contributed by atoms with Gasteiger partial charge in [-0.2, -0.15) is 4.99 Å². The van der Waals surface area contributed by atoms with Gasteiger partial charge in [0.2, 0.25) is 11.9 Å². The molecule has 0 amide bonds. The fraction of sp³-hybridized carbons (Fsp3) is 0.375. The molecule has 2 rings (SSSR count). The molecule has 1 aromatic rings. The number of aliphatic imine (C=N–C) groups is 1. The molecule has 0 saturated carbocycles. The number of nitrogens with one attached hydrogen (secondary N) is 1. The van der Waals surface area contributed by atoms with Crippen LogP contribution in [0, 0.1) is 0 Å². The highest BCUT2D eigenvalue weighted by Gasteiger charge is 2.51. The molecule has 0 bridgehead atoms. The van der Waals surface area contributed by atoms with Crippen molar-refractivity contribution in [3.05, 3.63) is 47.3 Å². The topological polar surface area (TPSA) is 81.7 Å². The first kappa shape index (κ1) is 16.1. The van der Waals surface area contributed by atoms with Crippen molar-refractivity contribution in [2.24, 2.45) is 4.99 Å². The first-order valence-electron chi connectivity index (χ1n) is 6.90. The van der Waals surface area contributed by atoms with Crippen LogP contribution in [0.1, 0.15) is 38.1 Å². The molecule has 0 unspecified atom stereocenters. The van der Waals surface area contributed by atoms with E-state index < -0.39 is 17.0 Å². The summed E-state index contributed by atoms with van der Waals surface area (Å²) in [5.41, 5.74) is -1.28. The predicted molar refractivity (Wildman–Crippen MR) is 79.7 cm³/mol. The van der Waals surface area contributed by atoms with Gasteiger partial charge in [-0.3, -0.25) is 4.79 Å². The summed E-state index contributed by atoms with van der Waals surface area (Å²) < 4.78 is 0. The van der Waals surface area contributed by atoms with Crippen molar-refractivity contribution in [2.75, 3.05) is 0 Å². The lowest BCUT2D eigenvalue weighted by atomic mass is 9.97. The number of rotatable bonds is 3. The highest BCUT2D eigenvalue weighted by Crippen LogP contribution is 2.37. The number of Topliss-reactive ketones (excluding diaryl/α,β-unsaturated/α-hetero) is 1. The van der Waals surface area contributed by atoms with E-state index in [1.54, 1.807) is 58.0 Å². The maximum Gasteiger partial charge on any atom is 0.240 e. The Balaban J connectivity index is 2.61. The lowest BCUT2D eigenvalue weighted by Crippen LogP contribution is -2.47. The van der Waals surface area contributed by atoms with Crippen molar-refractivity contribution < 1.29 is 14.8 Å². The Morgan fingerprint density at radius 3 is 2.23 bits per heavy atom. The third kappa shape index (κ3) is 2.60. The Morgan fingerprint density at radius 1 is 1.18 bits per heavy atom. The molecule has 1 aliphatic rings. The van der Waals surface area contributed by atoms with Crippen LogP contribution in [0.2, 0.25) is 0 Å². The van der Waals surface area contributed by atoms with Crippen molar-refractivity contribution in [1.29, 1.82) is 0 Å². The summed E-state index contributed by atoms with van der Waals surface area (Å²) in [6, 6.07) is 8.48. The smallest absolute Gasteiger partial charge is 0.240 e. The third-order valence-electron chi connectivity index (χ3n) is 3.70. The average Bonchev–Trinajstić information content (AvgIpc) is 2.65. The summed E-state index contributed by atoms with van der Waals surface area (Å²) in [6.45, 7) is 6.75. The number of hydrogen-bond acceptors (Lipinski definition) is 5. The molecule has 6 heteroatoms. The minimum absolute atomic E-state index is 0.0855. The van der Waals surface area contributed by atoms with E-state index in [4.69, 9.17) is 0 Å². The van der Waals surface area contributed by atoms with Gasteiger partial charge in [-0.05, 0) is 27.7 Å². The molecule has 6 nitrogen and oxygen atoms in total.